The van der Waals surface area contributed by atoms with Crippen molar-refractivity contribution in [1.29, 1.82) is 0 Å². The van der Waals surface area contributed by atoms with E-state index in [0.29, 0.717) is 11.6 Å². The summed E-state index contributed by atoms with van der Waals surface area (Å²) >= 11 is 0. The second-order valence-electron chi connectivity index (χ2n) is 6.61. The van der Waals surface area contributed by atoms with Crippen LogP contribution in [0.25, 0.3) is 21.8 Å². The lowest BCUT2D eigenvalue weighted by molar-refractivity contribution is -0.129. The first kappa shape index (κ1) is 18.5. The van der Waals surface area contributed by atoms with E-state index in [-0.39, 0.29) is 18.9 Å². The Morgan fingerprint density at radius 1 is 0.931 bits per heavy atom. The molecule has 2 amide bonds. The molecule has 1 heterocycles. The third-order valence-electron chi connectivity index (χ3n) is 4.65. The van der Waals surface area contributed by atoms with Crippen LogP contribution in [0.2, 0.25) is 0 Å². The third kappa shape index (κ3) is 4.03. The SMILES string of the molecule is Cn1c(CC(=O)NNC(=O)COc2cccc3ccccc23)nc2ccccc21. The molecule has 4 rings (SSSR count). The van der Waals surface area contributed by atoms with Gasteiger partial charge in [-0.05, 0) is 23.6 Å². The minimum atomic E-state index is -0.448. The highest BCUT2D eigenvalue weighted by Gasteiger charge is 2.12. The average Bonchev–Trinajstić information content (AvgIpc) is 3.06. The number of amides is 2. The Morgan fingerprint density at radius 2 is 1.66 bits per heavy atom. The minimum absolute atomic E-state index is 0.0512. The normalized spacial score (nSPS) is 10.8. The van der Waals surface area contributed by atoms with Gasteiger partial charge < -0.3 is 9.30 Å². The molecule has 0 saturated carbocycles. The van der Waals surface area contributed by atoms with Gasteiger partial charge in [0, 0.05) is 12.4 Å². The minimum Gasteiger partial charge on any atom is -0.483 e. The first-order valence-corrected chi connectivity index (χ1v) is 9.20. The van der Waals surface area contributed by atoms with Gasteiger partial charge in [-0.1, -0.05) is 48.5 Å². The van der Waals surface area contributed by atoms with Crippen LogP contribution in [-0.2, 0) is 23.1 Å². The van der Waals surface area contributed by atoms with Crippen LogP contribution in [0.15, 0.2) is 66.7 Å². The molecule has 0 unspecified atom stereocenters. The molecule has 0 aliphatic heterocycles. The van der Waals surface area contributed by atoms with E-state index in [1.807, 2.05) is 72.3 Å². The molecular formula is C22H20N4O3. The molecule has 1 aromatic heterocycles. The third-order valence-corrected chi connectivity index (χ3v) is 4.65. The fourth-order valence-corrected chi connectivity index (χ4v) is 3.18. The predicted octanol–water partition coefficient (Wildman–Crippen LogP) is 2.50. The summed E-state index contributed by atoms with van der Waals surface area (Å²) in [4.78, 5) is 28.7. The molecule has 29 heavy (non-hydrogen) atoms. The number of carbonyl (C=O) groups is 2. The van der Waals surface area contributed by atoms with Gasteiger partial charge in [-0.25, -0.2) is 4.98 Å². The standard InChI is InChI=1S/C22H20N4O3/c1-26-18-11-5-4-10-17(18)23-20(26)13-21(27)24-25-22(28)14-29-19-12-6-8-15-7-2-3-9-16(15)19/h2-12H,13-14H2,1H3,(H,24,27)(H,25,28). The van der Waals surface area contributed by atoms with Gasteiger partial charge >= 0.3 is 0 Å². The van der Waals surface area contributed by atoms with Crippen LogP contribution in [0.5, 0.6) is 5.75 Å². The van der Waals surface area contributed by atoms with E-state index in [1.165, 1.54) is 0 Å². The first-order chi connectivity index (χ1) is 14.1. The Labute approximate surface area is 167 Å². The number of aromatic nitrogens is 2. The highest BCUT2D eigenvalue weighted by atomic mass is 16.5. The van der Waals surface area contributed by atoms with Gasteiger partial charge in [0.1, 0.15) is 11.6 Å². The highest BCUT2D eigenvalue weighted by molar-refractivity contribution is 5.89. The first-order valence-electron chi connectivity index (χ1n) is 9.20. The largest absolute Gasteiger partial charge is 0.483 e. The number of hydrogen-bond acceptors (Lipinski definition) is 4. The lowest BCUT2D eigenvalue weighted by Crippen LogP contribution is -2.44. The van der Waals surface area contributed by atoms with E-state index in [1.54, 1.807) is 6.07 Å². The van der Waals surface area contributed by atoms with Crippen LogP contribution in [0.1, 0.15) is 5.82 Å². The molecule has 0 atom stereocenters. The molecule has 0 aliphatic rings. The smallest absolute Gasteiger partial charge is 0.276 e. The Hall–Kier alpha value is -3.87. The second kappa shape index (κ2) is 8.02. The Morgan fingerprint density at radius 3 is 2.52 bits per heavy atom. The van der Waals surface area contributed by atoms with Crippen LogP contribution in [-0.4, -0.2) is 28.0 Å². The Balaban J connectivity index is 1.31. The number of nitrogens with zero attached hydrogens (tertiary/aromatic N) is 2. The molecule has 7 nitrogen and oxygen atoms in total. The summed E-state index contributed by atoms with van der Waals surface area (Å²) in [6.07, 6.45) is 0.0512. The molecule has 0 fully saturated rings. The molecule has 146 valence electrons. The van der Waals surface area contributed by atoms with Crippen molar-refractivity contribution in [2.24, 2.45) is 7.05 Å². The van der Waals surface area contributed by atoms with Crippen molar-refractivity contribution in [1.82, 2.24) is 20.4 Å². The lowest BCUT2D eigenvalue weighted by atomic mass is 10.1. The summed E-state index contributed by atoms with van der Waals surface area (Å²) in [5.74, 6) is 0.424. The Kier molecular flexibility index (Phi) is 5.11. The number of hydrogen-bond donors (Lipinski definition) is 2. The van der Waals surface area contributed by atoms with E-state index in [9.17, 15) is 9.59 Å². The van der Waals surface area contributed by atoms with E-state index >= 15 is 0 Å². The molecule has 0 saturated heterocycles. The zero-order valence-corrected chi connectivity index (χ0v) is 15.9. The fourth-order valence-electron chi connectivity index (χ4n) is 3.18. The summed E-state index contributed by atoms with van der Waals surface area (Å²) in [6.45, 7) is -0.208. The van der Waals surface area contributed by atoms with Gasteiger partial charge in [0.15, 0.2) is 6.61 Å². The van der Waals surface area contributed by atoms with Gasteiger partial charge in [0.05, 0.1) is 17.5 Å². The zero-order valence-electron chi connectivity index (χ0n) is 15.9. The van der Waals surface area contributed by atoms with Gasteiger partial charge in [0.2, 0.25) is 5.91 Å². The number of para-hydroxylation sites is 2. The number of carbonyl (C=O) groups excluding carboxylic acids is 2. The number of imidazole rings is 1. The quantitative estimate of drug-likeness (QED) is 0.515. The molecule has 4 aromatic rings. The van der Waals surface area contributed by atoms with Crippen molar-refractivity contribution < 1.29 is 14.3 Å². The number of nitrogens with one attached hydrogen (secondary N) is 2. The van der Waals surface area contributed by atoms with Crippen LogP contribution in [0.4, 0.5) is 0 Å². The summed E-state index contributed by atoms with van der Waals surface area (Å²) in [5.41, 5.74) is 6.55. The average molecular weight is 388 g/mol. The summed E-state index contributed by atoms with van der Waals surface area (Å²) in [5, 5.41) is 1.95. The van der Waals surface area contributed by atoms with Crippen molar-refractivity contribution in [3.63, 3.8) is 0 Å². The maximum atomic E-state index is 12.2. The number of aryl methyl sites for hydroxylation is 1. The van der Waals surface area contributed by atoms with Crippen molar-refractivity contribution in [2.45, 2.75) is 6.42 Å². The molecule has 0 radical (unpaired) electrons. The molecular weight excluding hydrogens is 368 g/mol. The maximum absolute atomic E-state index is 12.2. The predicted molar refractivity (Wildman–Crippen MR) is 110 cm³/mol. The van der Waals surface area contributed by atoms with Crippen molar-refractivity contribution >= 4 is 33.6 Å². The highest BCUT2D eigenvalue weighted by Crippen LogP contribution is 2.24. The molecule has 0 bridgehead atoms. The maximum Gasteiger partial charge on any atom is 0.276 e. The van der Waals surface area contributed by atoms with Gasteiger partial charge in [0.25, 0.3) is 5.91 Å². The lowest BCUT2D eigenvalue weighted by Gasteiger charge is -2.10. The van der Waals surface area contributed by atoms with Crippen LogP contribution in [0.3, 0.4) is 0 Å². The molecule has 0 spiro atoms. The summed E-state index contributed by atoms with van der Waals surface area (Å²) in [6, 6.07) is 21.1. The van der Waals surface area contributed by atoms with Crippen LogP contribution >= 0.6 is 0 Å². The molecule has 3 aromatic carbocycles. The molecule has 2 N–H and O–H groups in total. The van der Waals surface area contributed by atoms with E-state index in [4.69, 9.17) is 4.74 Å². The number of fused-ring (bicyclic) bond motifs is 2. The van der Waals surface area contributed by atoms with Crippen molar-refractivity contribution in [3.8, 4) is 5.75 Å². The Bertz CT molecular complexity index is 1190. The van der Waals surface area contributed by atoms with Crippen LogP contribution < -0.4 is 15.6 Å². The van der Waals surface area contributed by atoms with Crippen molar-refractivity contribution in [2.75, 3.05) is 6.61 Å². The van der Waals surface area contributed by atoms with Gasteiger partial charge in [-0.3, -0.25) is 20.4 Å². The fraction of sp³-hybridized carbons (Fsp3) is 0.136. The van der Waals surface area contributed by atoms with Gasteiger partial charge in [-0.2, -0.15) is 0 Å². The molecule has 7 heteroatoms. The van der Waals surface area contributed by atoms with Crippen molar-refractivity contribution in [3.05, 3.63) is 72.6 Å². The number of hydrazine groups is 1. The topological polar surface area (TPSA) is 85.2 Å². The second-order valence-corrected chi connectivity index (χ2v) is 6.61. The summed E-state index contributed by atoms with van der Waals surface area (Å²) < 4.78 is 7.47. The van der Waals surface area contributed by atoms with E-state index in [2.05, 4.69) is 15.8 Å². The van der Waals surface area contributed by atoms with Crippen LogP contribution in [0, 0.1) is 0 Å². The number of rotatable bonds is 5. The zero-order chi connectivity index (χ0) is 20.2. The molecule has 0 aliphatic carbocycles. The van der Waals surface area contributed by atoms with E-state index in [0.717, 1.165) is 21.8 Å². The van der Waals surface area contributed by atoms with E-state index < -0.39 is 5.91 Å². The van der Waals surface area contributed by atoms with Gasteiger partial charge in [-0.15, -0.1) is 0 Å². The summed E-state index contributed by atoms with van der Waals surface area (Å²) in [7, 11) is 1.86. The number of ether oxygens (including phenoxy) is 1. The number of benzene rings is 3. The monoisotopic (exact) mass is 388 g/mol.